The number of hydrogen-bond donors (Lipinski definition) is 1. The molecule has 0 aliphatic carbocycles. The molecule has 0 saturated heterocycles. The molecule has 0 aromatic rings. The zero-order chi connectivity index (χ0) is 12.4. The summed E-state index contributed by atoms with van der Waals surface area (Å²) >= 11 is 0. The van der Waals surface area contributed by atoms with Gasteiger partial charge in [-0.3, -0.25) is 4.90 Å². The van der Waals surface area contributed by atoms with Gasteiger partial charge in [0.2, 0.25) is 0 Å². The highest BCUT2D eigenvalue weighted by Gasteiger charge is 2.33. The van der Waals surface area contributed by atoms with Crippen molar-refractivity contribution in [2.75, 3.05) is 13.6 Å². The van der Waals surface area contributed by atoms with Crippen molar-refractivity contribution in [3.05, 3.63) is 0 Å². The second kappa shape index (κ2) is 4.84. The van der Waals surface area contributed by atoms with Crippen molar-refractivity contribution in [3.8, 4) is 0 Å². The first-order chi connectivity index (χ1) is 6.51. The normalized spacial score (nSPS) is 18.0. The molecule has 0 radical (unpaired) electrons. The van der Waals surface area contributed by atoms with Crippen LogP contribution in [0.4, 0.5) is 0 Å². The van der Waals surface area contributed by atoms with Crippen molar-refractivity contribution in [1.82, 2.24) is 4.90 Å². The topological polar surface area (TPSA) is 29.3 Å². The van der Waals surface area contributed by atoms with Gasteiger partial charge in [-0.15, -0.1) is 0 Å². The minimum Gasteiger partial charge on any atom is -0.329 e. The maximum Gasteiger partial charge on any atom is 0.0266 e. The molecule has 0 rings (SSSR count). The second-order valence-corrected chi connectivity index (χ2v) is 6.82. The van der Waals surface area contributed by atoms with Gasteiger partial charge in [0, 0.05) is 18.6 Å². The van der Waals surface area contributed by atoms with Gasteiger partial charge in [-0.05, 0) is 24.8 Å². The molecule has 0 aromatic carbocycles. The SMILES string of the molecule is CC(N(C)C(CN)C(C)(C)C)C(C)(C)C. The summed E-state index contributed by atoms with van der Waals surface area (Å²) in [4.78, 5) is 2.43. The van der Waals surface area contributed by atoms with Crippen molar-refractivity contribution in [1.29, 1.82) is 0 Å². The van der Waals surface area contributed by atoms with E-state index < -0.39 is 0 Å². The van der Waals surface area contributed by atoms with Gasteiger partial charge in [0.25, 0.3) is 0 Å². The van der Waals surface area contributed by atoms with Crippen LogP contribution in [-0.2, 0) is 0 Å². The first-order valence-electron chi connectivity index (χ1n) is 5.93. The molecular formula is C13H30N2. The smallest absolute Gasteiger partial charge is 0.0266 e. The van der Waals surface area contributed by atoms with Crippen LogP contribution < -0.4 is 5.73 Å². The highest BCUT2D eigenvalue weighted by Crippen LogP contribution is 2.30. The minimum absolute atomic E-state index is 0.239. The summed E-state index contributed by atoms with van der Waals surface area (Å²) in [6.45, 7) is 16.6. The van der Waals surface area contributed by atoms with E-state index in [1.807, 2.05) is 0 Å². The molecule has 0 saturated carbocycles. The molecular weight excluding hydrogens is 184 g/mol. The summed E-state index contributed by atoms with van der Waals surface area (Å²) in [5.74, 6) is 0. The molecule has 0 aliphatic rings. The van der Waals surface area contributed by atoms with Gasteiger partial charge in [0.1, 0.15) is 0 Å². The van der Waals surface area contributed by atoms with Crippen LogP contribution in [0.25, 0.3) is 0 Å². The van der Waals surface area contributed by atoms with Crippen LogP contribution in [-0.4, -0.2) is 30.6 Å². The van der Waals surface area contributed by atoms with Crippen molar-refractivity contribution in [2.45, 2.75) is 60.5 Å². The third-order valence-electron chi connectivity index (χ3n) is 3.58. The fourth-order valence-electron chi connectivity index (χ4n) is 2.01. The monoisotopic (exact) mass is 214 g/mol. The van der Waals surface area contributed by atoms with Crippen molar-refractivity contribution >= 4 is 0 Å². The zero-order valence-electron chi connectivity index (χ0n) is 11.9. The molecule has 0 spiro atoms. The van der Waals surface area contributed by atoms with E-state index in [9.17, 15) is 0 Å². The van der Waals surface area contributed by atoms with Crippen molar-refractivity contribution in [2.24, 2.45) is 16.6 Å². The van der Waals surface area contributed by atoms with Crippen LogP contribution in [0.5, 0.6) is 0 Å². The Morgan fingerprint density at radius 1 is 1.00 bits per heavy atom. The van der Waals surface area contributed by atoms with Crippen LogP contribution in [0.2, 0.25) is 0 Å². The lowest BCUT2D eigenvalue weighted by atomic mass is 9.81. The van der Waals surface area contributed by atoms with E-state index in [1.165, 1.54) is 0 Å². The molecule has 2 unspecified atom stereocenters. The molecule has 0 aromatic heterocycles. The van der Waals surface area contributed by atoms with Gasteiger partial charge < -0.3 is 5.73 Å². The van der Waals surface area contributed by atoms with Crippen molar-refractivity contribution in [3.63, 3.8) is 0 Å². The maximum absolute atomic E-state index is 5.90. The lowest BCUT2D eigenvalue weighted by molar-refractivity contribution is 0.0466. The molecule has 0 aliphatic heterocycles. The number of nitrogens with zero attached hydrogens (tertiary/aromatic N) is 1. The summed E-state index contributed by atoms with van der Waals surface area (Å²) in [6.07, 6.45) is 0. The Hall–Kier alpha value is -0.0800. The predicted molar refractivity (Wildman–Crippen MR) is 69.0 cm³/mol. The van der Waals surface area contributed by atoms with Crippen LogP contribution >= 0.6 is 0 Å². The average molecular weight is 214 g/mol. The Labute approximate surface area is 96.2 Å². The molecule has 2 nitrogen and oxygen atoms in total. The minimum atomic E-state index is 0.239. The summed E-state index contributed by atoms with van der Waals surface area (Å²) in [5, 5.41) is 0. The molecule has 0 heterocycles. The number of rotatable bonds is 3. The fraction of sp³-hybridized carbons (Fsp3) is 1.00. The lowest BCUT2D eigenvalue weighted by Gasteiger charge is -2.45. The Kier molecular flexibility index (Phi) is 4.81. The van der Waals surface area contributed by atoms with Gasteiger partial charge >= 0.3 is 0 Å². The van der Waals surface area contributed by atoms with Crippen LogP contribution in [0.3, 0.4) is 0 Å². The Balaban J connectivity index is 4.74. The quantitative estimate of drug-likeness (QED) is 0.783. The van der Waals surface area contributed by atoms with E-state index in [1.54, 1.807) is 0 Å². The summed E-state index contributed by atoms with van der Waals surface area (Å²) < 4.78 is 0. The third-order valence-corrected chi connectivity index (χ3v) is 3.58. The first-order valence-corrected chi connectivity index (χ1v) is 5.93. The van der Waals surface area contributed by atoms with Crippen LogP contribution in [0.15, 0.2) is 0 Å². The molecule has 2 N–H and O–H groups in total. The standard InChI is InChI=1S/C13H30N2/c1-10(12(2,3)4)15(8)11(9-14)13(5,6)7/h10-11H,9,14H2,1-8H3. The summed E-state index contributed by atoms with van der Waals surface area (Å²) in [5.41, 5.74) is 6.44. The van der Waals surface area contributed by atoms with Gasteiger partial charge in [-0.25, -0.2) is 0 Å². The number of likely N-dealkylation sites (N-methyl/N-ethyl adjacent to an activating group) is 1. The Morgan fingerprint density at radius 2 is 1.40 bits per heavy atom. The van der Waals surface area contributed by atoms with E-state index in [2.05, 4.69) is 60.4 Å². The molecule has 0 bridgehead atoms. The summed E-state index contributed by atoms with van der Waals surface area (Å²) in [7, 11) is 2.19. The van der Waals surface area contributed by atoms with Crippen molar-refractivity contribution < 1.29 is 0 Å². The number of nitrogens with two attached hydrogens (primary N) is 1. The first kappa shape index (κ1) is 14.9. The van der Waals surface area contributed by atoms with E-state index in [4.69, 9.17) is 5.73 Å². The third kappa shape index (κ3) is 4.12. The van der Waals surface area contributed by atoms with E-state index >= 15 is 0 Å². The van der Waals surface area contributed by atoms with E-state index in [0.717, 1.165) is 6.54 Å². The number of hydrogen-bond acceptors (Lipinski definition) is 2. The maximum atomic E-state index is 5.90. The molecule has 2 atom stereocenters. The van der Waals surface area contributed by atoms with E-state index in [-0.39, 0.29) is 5.41 Å². The average Bonchev–Trinajstić information content (AvgIpc) is 1.99. The highest BCUT2D eigenvalue weighted by atomic mass is 15.2. The van der Waals surface area contributed by atoms with Gasteiger partial charge in [0.05, 0.1) is 0 Å². The van der Waals surface area contributed by atoms with Gasteiger partial charge in [-0.1, -0.05) is 41.5 Å². The second-order valence-electron chi connectivity index (χ2n) is 6.82. The van der Waals surface area contributed by atoms with Crippen LogP contribution in [0, 0.1) is 10.8 Å². The van der Waals surface area contributed by atoms with Gasteiger partial charge in [0.15, 0.2) is 0 Å². The lowest BCUT2D eigenvalue weighted by Crippen LogP contribution is -2.53. The molecule has 2 heteroatoms. The van der Waals surface area contributed by atoms with Gasteiger partial charge in [-0.2, -0.15) is 0 Å². The summed E-state index contributed by atoms with van der Waals surface area (Å²) in [6, 6.07) is 0.969. The molecule has 0 fully saturated rings. The zero-order valence-corrected chi connectivity index (χ0v) is 11.9. The largest absolute Gasteiger partial charge is 0.329 e. The Bertz CT molecular complexity index is 186. The molecule has 92 valence electrons. The Morgan fingerprint density at radius 3 is 1.60 bits per heavy atom. The molecule has 0 amide bonds. The fourth-order valence-corrected chi connectivity index (χ4v) is 2.01. The van der Waals surface area contributed by atoms with E-state index in [0.29, 0.717) is 17.5 Å². The predicted octanol–water partition coefficient (Wildman–Crippen LogP) is 2.73. The van der Waals surface area contributed by atoms with Crippen LogP contribution in [0.1, 0.15) is 48.5 Å². The molecule has 15 heavy (non-hydrogen) atoms. The highest BCUT2D eigenvalue weighted by molar-refractivity contribution is 4.88.